The molecule has 0 radical (unpaired) electrons. The lowest BCUT2D eigenvalue weighted by Crippen LogP contribution is -2.23. The lowest BCUT2D eigenvalue weighted by Gasteiger charge is -2.12. The van der Waals surface area contributed by atoms with Crippen LogP contribution in [0.15, 0.2) is 24.3 Å². The second kappa shape index (κ2) is 15.4. The van der Waals surface area contributed by atoms with E-state index < -0.39 is 18.3 Å². The summed E-state index contributed by atoms with van der Waals surface area (Å²) in [6.45, 7) is 1.85. The lowest BCUT2D eigenvalue weighted by atomic mass is 10.1. The summed E-state index contributed by atoms with van der Waals surface area (Å²) in [5.74, 6) is -0.141. The third-order valence-electron chi connectivity index (χ3n) is 3.87. The first-order valence-corrected chi connectivity index (χ1v) is 8.95. The molecule has 0 aromatic carbocycles. The molecule has 0 unspecified atom stereocenters. The highest BCUT2D eigenvalue weighted by atomic mass is 16.5. The van der Waals surface area contributed by atoms with Crippen molar-refractivity contribution in [3.63, 3.8) is 0 Å². The molecule has 0 heterocycles. The van der Waals surface area contributed by atoms with Crippen molar-refractivity contribution in [3.05, 3.63) is 24.3 Å². The topological polar surface area (TPSA) is 87.0 Å². The molecule has 0 bridgehead atoms. The molecule has 0 aromatic rings. The third kappa shape index (κ3) is 13.3. The fourth-order valence-corrected chi connectivity index (χ4v) is 2.16. The van der Waals surface area contributed by atoms with Crippen LogP contribution in [0.5, 0.6) is 0 Å². The van der Waals surface area contributed by atoms with Crippen LogP contribution >= 0.6 is 0 Å². The van der Waals surface area contributed by atoms with E-state index in [0.717, 1.165) is 38.5 Å². The number of allylic oxidation sites excluding steroid dienone is 1. The van der Waals surface area contributed by atoms with E-state index in [0.29, 0.717) is 19.3 Å². The summed E-state index contributed by atoms with van der Waals surface area (Å²) in [5, 5.41) is 28.9. The summed E-state index contributed by atoms with van der Waals surface area (Å²) in [6.07, 6.45) is 12.1. The largest absolute Gasteiger partial charge is 0.469 e. The van der Waals surface area contributed by atoms with E-state index in [9.17, 15) is 20.1 Å². The van der Waals surface area contributed by atoms with Gasteiger partial charge >= 0.3 is 5.97 Å². The highest BCUT2D eigenvalue weighted by Gasteiger charge is 2.11. The second-order valence-corrected chi connectivity index (χ2v) is 6.01. The normalized spacial score (nSPS) is 15.7. The molecule has 0 saturated heterocycles. The fraction of sp³-hybridized carbons (Fsp3) is 0.737. The first-order chi connectivity index (χ1) is 11.5. The Hall–Kier alpha value is -1.17. The first-order valence-electron chi connectivity index (χ1n) is 8.95. The van der Waals surface area contributed by atoms with E-state index in [1.54, 1.807) is 0 Å². The van der Waals surface area contributed by atoms with Crippen LogP contribution in [0.1, 0.15) is 64.7 Å². The van der Waals surface area contributed by atoms with Crippen LogP contribution in [0.3, 0.4) is 0 Å². The van der Waals surface area contributed by atoms with Crippen molar-refractivity contribution < 1.29 is 24.9 Å². The van der Waals surface area contributed by atoms with Gasteiger partial charge in [-0.15, -0.1) is 0 Å². The van der Waals surface area contributed by atoms with Crippen LogP contribution in [0.25, 0.3) is 0 Å². The van der Waals surface area contributed by atoms with E-state index in [4.69, 9.17) is 0 Å². The molecule has 24 heavy (non-hydrogen) atoms. The summed E-state index contributed by atoms with van der Waals surface area (Å²) in [7, 11) is 1.41. The van der Waals surface area contributed by atoms with Crippen LogP contribution in [0.4, 0.5) is 0 Å². The van der Waals surface area contributed by atoms with Gasteiger partial charge in [0.2, 0.25) is 0 Å². The molecule has 0 fully saturated rings. The molecule has 0 aliphatic carbocycles. The Kier molecular flexibility index (Phi) is 14.6. The average molecular weight is 342 g/mol. The van der Waals surface area contributed by atoms with Gasteiger partial charge in [0.1, 0.15) is 0 Å². The van der Waals surface area contributed by atoms with Crippen molar-refractivity contribution in [2.24, 2.45) is 0 Å². The first kappa shape index (κ1) is 22.8. The van der Waals surface area contributed by atoms with Gasteiger partial charge in [-0.1, -0.05) is 50.5 Å². The van der Waals surface area contributed by atoms with Crippen LogP contribution in [-0.4, -0.2) is 46.7 Å². The number of rotatable bonds is 14. The highest BCUT2D eigenvalue weighted by molar-refractivity contribution is 5.68. The predicted molar refractivity (Wildman–Crippen MR) is 95.5 cm³/mol. The Morgan fingerprint density at radius 3 is 2.33 bits per heavy atom. The van der Waals surface area contributed by atoms with Gasteiger partial charge in [0.15, 0.2) is 0 Å². The summed E-state index contributed by atoms with van der Waals surface area (Å²) in [5.41, 5.74) is 0. The van der Waals surface area contributed by atoms with Gasteiger partial charge in [-0.2, -0.15) is 0 Å². The Balaban J connectivity index is 3.60. The van der Waals surface area contributed by atoms with Crippen LogP contribution in [0.2, 0.25) is 0 Å². The monoisotopic (exact) mass is 342 g/mol. The highest BCUT2D eigenvalue weighted by Crippen LogP contribution is 2.09. The van der Waals surface area contributed by atoms with Crippen LogP contribution < -0.4 is 0 Å². The molecule has 0 amide bonds. The Morgan fingerprint density at radius 2 is 1.67 bits per heavy atom. The van der Waals surface area contributed by atoms with Gasteiger partial charge in [-0.25, -0.2) is 0 Å². The molecule has 3 N–H and O–H groups in total. The molecule has 0 rings (SSSR count). The number of carbonyl (C=O) groups excluding carboxylic acids is 1. The van der Waals surface area contributed by atoms with Crippen molar-refractivity contribution in [1.29, 1.82) is 0 Å². The van der Waals surface area contributed by atoms with Crippen molar-refractivity contribution >= 4 is 5.97 Å². The van der Waals surface area contributed by atoms with E-state index in [1.165, 1.54) is 19.3 Å². The van der Waals surface area contributed by atoms with Gasteiger partial charge in [-0.3, -0.25) is 4.79 Å². The van der Waals surface area contributed by atoms with Gasteiger partial charge in [0.25, 0.3) is 0 Å². The van der Waals surface area contributed by atoms with E-state index in [-0.39, 0.29) is 5.97 Å². The number of esters is 1. The predicted octanol–water partition coefficient (Wildman–Crippen LogP) is 2.89. The maximum Gasteiger partial charge on any atom is 0.305 e. The second-order valence-electron chi connectivity index (χ2n) is 6.01. The standard InChI is InChI=1S/C19H34O5/c1-3-16(20)14-15-18(22)17(21)12-10-8-6-4-5-7-9-11-13-19(23)24-2/h8,10,14-18,20-22H,3-7,9,11-13H2,1-2H3/b10-8-,15-14-/t16-,17+,18+/m0/s1. The zero-order chi connectivity index (χ0) is 18.2. The summed E-state index contributed by atoms with van der Waals surface area (Å²) in [6, 6.07) is 0. The molecule has 5 heteroatoms. The minimum atomic E-state index is -0.953. The smallest absolute Gasteiger partial charge is 0.305 e. The Labute approximate surface area is 146 Å². The molecule has 0 saturated carbocycles. The van der Waals surface area contributed by atoms with Crippen molar-refractivity contribution in [3.8, 4) is 0 Å². The number of unbranched alkanes of at least 4 members (excludes halogenated alkanes) is 5. The maximum absolute atomic E-state index is 10.9. The number of hydrogen-bond acceptors (Lipinski definition) is 5. The van der Waals surface area contributed by atoms with Gasteiger partial charge < -0.3 is 20.1 Å². The number of hydrogen-bond donors (Lipinski definition) is 3. The van der Waals surface area contributed by atoms with E-state index in [1.807, 2.05) is 19.1 Å². The third-order valence-corrected chi connectivity index (χ3v) is 3.87. The minimum absolute atomic E-state index is 0.141. The fourth-order valence-electron chi connectivity index (χ4n) is 2.16. The Bertz CT molecular complexity index is 365. The number of aliphatic hydroxyl groups is 3. The number of methoxy groups -OCH3 is 1. The summed E-state index contributed by atoms with van der Waals surface area (Å²) >= 11 is 0. The average Bonchev–Trinajstić information content (AvgIpc) is 2.60. The van der Waals surface area contributed by atoms with E-state index in [2.05, 4.69) is 4.74 Å². The molecule has 0 spiro atoms. The zero-order valence-electron chi connectivity index (χ0n) is 15.1. The number of carbonyl (C=O) groups is 1. The summed E-state index contributed by atoms with van der Waals surface area (Å²) in [4.78, 5) is 10.9. The molecule has 0 aromatic heterocycles. The SMILES string of the molecule is CC[C@H](O)/C=C\[C@@H](O)[C@H](O)C/C=C\CCCCCCCC(=O)OC. The molecule has 0 aliphatic rings. The number of aliphatic hydroxyl groups excluding tert-OH is 3. The van der Waals surface area contributed by atoms with Gasteiger partial charge in [0.05, 0.1) is 25.4 Å². The molecule has 140 valence electrons. The molecule has 5 nitrogen and oxygen atoms in total. The van der Waals surface area contributed by atoms with Crippen molar-refractivity contribution in [1.82, 2.24) is 0 Å². The molecular formula is C19H34O5. The van der Waals surface area contributed by atoms with Crippen molar-refractivity contribution in [2.45, 2.75) is 83.0 Å². The minimum Gasteiger partial charge on any atom is -0.469 e. The van der Waals surface area contributed by atoms with Gasteiger partial charge in [-0.05, 0) is 32.1 Å². The zero-order valence-corrected chi connectivity index (χ0v) is 15.1. The maximum atomic E-state index is 10.9. The quantitative estimate of drug-likeness (QED) is 0.257. The summed E-state index contributed by atoms with van der Waals surface area (Å²) < 4.78 is 4.59. The van der Waals surface area contributed by atoms with Gasteiger partial charge in [0, 0.05) is 6.42 Å². The van der Waals surface area contributed by atoms with Crippen molar-refractivity contribution in [2.75, 3.05) is 7.11 Å². The van der Waals surface area contributed by atoms with E-state index >= 15 is 0 Å². The number of ether oxygens (including phenoxy) is 1. The molecule has 0 aliphatic heterocycles. The Morgan fingerprint density at radius 1 is 1.00 bits per heavy atom. The lowest BCUT2D eigenvalue weighted by molar-refractivity contribution is -0.140. The van der Waals surface area contributed by atoms with Crippen LogP contribution in [-0.2, 0) is 9.53 Å². The molecule has 3 atom stereocenters. The van der Waals surface area contributed by atoms with Crippen LogP contribution in [0, 0.1) is 0 Å². The molecular weight excluding hydrogens is 308 g/mol.